The first kappa shape index (κ1) is 21.7. The minimum absolute atomic E-state index is 0.00504. The lowest BCUT2D eigenvalue weighted by atomic mass is 9.97. The molecule has 1 atom stereocenters. The smallest absolute Gasteiger partial charge is 0.255 e. The van der Waals surface area contributed by atoms with Crippen molar-refractivity contribution in [2.24, 2.45) is 5.73 Å². The van der Waals surface area contributed by atoms with Crippen LogP contribution in [0.4, 0.5) is 14.5 Å². The summed E-state index contributed by atoms with van der Waals surface area (Å²) in [5, 5.41) is 12.6. The van der Waals surface area contributed by atoms with Crippen LogP contribution in [0.5, 0.6) is 0 Å². The van der Waals surface area contributed by atoms with E-state index in [1.165, 1.54) is 6.20 Å². The van der Waals surface area contributed by atoms with Gasteiger partial charge in [0.25, 0.3) is 5.91 Å². The molecule has 3 N–H and O–H groups in total. The number of rotatable bonds is 6. The Kier molecular flexibility index (Phi) is 6.63. The number of benzene rings is 1. The Morgan fingerprint density at radius 3 is 2.53 bits per heavy atom. The van der Waals surface area contributed by atoms with Gasteiger partial charge in [0.2, 0.25) is 0 Å². The summed E-state index contributed by atoms with van der Waals surface area (Å²) in [6.07, 6.45) is 3.58. The van der Waals surface area contributed by atoms with E-state index in [2.05, 4.69) is 10.3 Å². The number of carbonyl (C=O) groups excluding carboxylic acids is 1. The maximum Gasteiger partial charge on any atom is 0.255 e. The number of nitrogens with two attached hydrogens (primary N) is 1. The summed E-state index contributed by atoms with van der Waals surface area (Å²) in [5.74, 6) is -1.89. The van der Waals surface area contributed by atoms with E-state index in [9.17, 15) is 18.8 Å². The van der Waals surface area contributed by atoms with E-state index in [-0.39, 0.29) is 40.4 Å². The van der Waals surface area contributed by atoms with Crippen LogP contribution in [0.2, 0.25) is 0 Å². The van der Waals surface area contributed by atoms with Gasteiger partial charge in [0, 0.05) is 43.0 Å². The number of hydrogen-bond acceptors (Lipinski definition) is 5. The molecule has 0 bridgehead atoms. The molecule has 1 aliphatic rings. The Labute approximate surface area is 174 Å². The quantitative estimate of drug-likeness (QED) is 0.757. The zero-order valence-electron chi connectivity index (χ0n) is 17.1. The summed E-state index contributed by atoms with van der Waals surface area (Å²) in [5.41, 5.74) is 7.16. The number of halogens is 2. The highest BCUT2D eigenvalue weighted by molar-refractivity contribution is 6.04. The fourth-order valence-electron chi connectivity index (χ4n) is 3.80. The van der Waals surface area contributed by atoms with Gasteiger partial charge in [-0.1, -0.05) is 13.8 Å². The van der Waals surface area contributed by atoms with E-state index < -0.39 is 11.6 Å². The summed E-state index contributed by atoms with van der Waals surface area (Å²) in [6, 6.07) is 4.92. The van der Waals surface area contributed by atoms with Crippen molar-refractivity contribution in [3.05, 3.63) is 47.3 Å². The molecule has 1 saturated heterocycles. The van der Waals surface area contributed by atoms with Crippen molar-refractivity contribution in [3.63, 3.8) is 0 Å². The van der Waals surface area contributed by atoms with Gasteiger partial charge in [-0.2, -0.15) is 5.26 Å². The van der Waals surface area contributed by atoms with E-state index in [1.54, 1.807) is 0 Å². The van der Waals surface area contributed by atoms with Crippen molar-refractivity contribution in [3.8, 4) is 17.2 Å². The molecule has 6 nitrogen and oxygen atoms in total. The molecule has 2 heterocycles. The predicted octanol–water partition coefficient (Wildman–Crippen LogP) is 3.35. The Bertz CT molecular complexity index is 964. The number of aromatic nitrogens is 1. The first-order valence-electron chi connectivity index (χ1n) is 10.1. The first-order chi connectivity index (χ1) is 14.4. The van der Waals surface area contributed by atoms with Gasteiger partial charge in [-0.15, -0.1) is 0 Å². The number of anilines is 1. The molecule has 2 aromatic rings. The van der Waals surface area contributed by atoms with Crippen LogP contribution in [-0.2, 0) is 0 Å². The van der Waals surface area contributed by atoms with Gasteiger partial charge in [0.05, 0.1) is 11.3 Å². The lowest BCUT2D eigenvalue weighted by Crippen LogP contribution is -2.36. The summed E-state index contributed by atoms with van der Waals surface area (Å²) < 4.78 is 28.0. The van der Waals surface area contributed by atoms with Crippen molar-refractivity contribution >= 4 is 11.6 Å². The van der Waals surface area contributed by atoms with Crippen molar-refractivity contribution in [1.82, 2.24) is 10.3 Å². The van der Waals surface area contributed by atoms with Crippen LogP contribution in [0, 0.1) is 23.0 Å². The second-order valence-electron chi connectivity index (χ2n) is 7.50. The molecule has 0 aliphatic carbocycles. The van der Waals surface area contributed by atoms with Gasteiger partial charge >= 0.3 is 0 Å². The van der Waals surface area contributed by atoms with Gasteiger partial charge in [-0.3, -0.25) is 4.79 Å². The third-order valence-electron chi connectivity index (χ3n) is 5.41. The van der Waals surface area contributed by atoms with Crippen LogP contribution in [0.1, 0.15) is 49.2 Å². The van der Waals surface area contributed by atoms with E-state index in [0.29, 0.717) is 25.2 Å². The first-order valence-corrected chi connectivity index (χ1v) is 10.1. The van der Waals surface area contributed by atoms with Gasteiger partial charge in [0.1, 0.15) is 23.4 Å². The molecule has 8 heteroatoms. The maximum absolute atomic E-state index is 14.0. The lowest BCUT2D eigenvalue weighted by molar-refractivity contribution is 0.0935. The topological polar surface area (TPSA) is 95.0 Å². The standard InChI is InChI=1S/C22H25F2N5O/c1-3-17(4-2)28-22(30)18-11-27-19(10-25)20(13-7-14(23)9-15(24)8-13)21(18)29-6-5-16(26)12-29/h7-9,11,16-17H,3-6,12,26H2,1-2H3,(H,28,30)/t16-/m0/s1. The maximum atomic E-state index is 14.0. The van der Waals surface area contributed by atoms with E-state index in [4.69, 9.17) is 5.73 Å². The monoisotopic (exact) mass is 413 g/mol. The number of nitrogens with zero attached hydrogens (tertiary/aromatic N) is 3. The summed E-state index contributed by atoms with van der Waals surface area (Å²) >= 11 is 0. The van der Waals surface area contributed by atoms with Crippen molar-refractivity contribution < 1.29 is 13.6 Å². The number of amides is 1. The van der Waals surface area contributed by atoms with Crippen LogP contribution in [0.25, 0.3) is 11.1 Å². The second-order valence-corrected chi connectivity index (χ2v) is 7.50. The summed E-state index contributed by atoms with van der Waals surface area (Å²) in [4.78, 5) is 19.1. The zero-order valence-corrected chi connectivity index (χ0v) is 17.1. The number of nitrogens with one attached hydrogen (secondary N) is 1. The molecule has 1 aromatic carbocycles. The molecule has 0 saturated carbocycles. The van der Waals surface area contributed by atoms with Crippen LogP contribution in [0.15, 0.2) is 24.4 Å². The van der Waals surface area contributed by atoms with E-state index in [1.807, 2.05) is 24.8 Å². The predicted molar refractivity (Wildman–Crippen MR) is 111 cm³/mol. The fraction of sp³-hybridized carbons (Fsp3) is 0.409. The van der Waals surface area contributed by atoms with E-state index in [0.717, 1.165) is 31.0 Å². The molecule has 1 aromatic heterocycles. The molecule has 1 fully saturated rings. The highest BCUT2D eigenvalue weighted by atomic mass is 19.1. The Balaban J connectivity index is 2.23. The molecular formula is C22H25F2N5O. The van der Waals surface area contributed by atoms with Crippen molar-refractivity contribution in [2.75, 3.05) is 18.0 Å². The van der Waals surface area contributed by atoms with Crippen LogP contribution >= 0.6 is 0 Å². The molecular weight excluding hydrogens is 388 g/mol. The summed E-state index contributed by atoms with van der Waals surface area (Å²) in [7, 11) is 0. The molecule has 30 heavy (non-hydrogen) atoms. The average molecular weight is 413 g/mol. The Hall–Kier alpha value is -3.05. The van der Waals surface area contributed by atoms with Gasteiger partial charge in [-0.25, -0.2) is 13.8 Å². The fourth-order valence-corrected chi connectivity index (χ4v) is 3.80. The van der Waals surface area contributed by atoms with Gasteiger partial charge in [0.15, 0.2) is 0 Å². The number of nitriles is 1. The molecule has 158 valence electrons. The molecule has 0 spiro atoms. The molecule has 0 radical (unpaired) electrons. The number of hydrogen-bond donors (Lipinski definition) is 2. The van der Waals surface area contributed by atoms with Crippen LogP contribution in [-0.4, -0.2) is 36.1 Å². The minimum Gasteiger partial charge on any atom is -0.369 e. The Morgan fingerprint density at radius 1 is 1.33 bits per heavy atom. The van der Waals surface area contributed by atoms with E-state index >= 15 is 0 Å². The molecule has 3 rings (SSSR count). The minimum atomic E-state index is -0.773. The van der Waals surface area contributed by atoms with Crippen LogP contribution < -0.4 is 16.0 Å². The number of pyridine rings is 1. The number of carbonyl (C=O) groups is 1. The van der Waals surface area contributed by atoms with Crippen molar-refractivity contribution in [1.29, 1.82) is 5.26 Å². The molecule has 1 amide bonds. The van der Waals surface area contributed by atoms with Crippen LogP contribution in [0.3, 0.4) is 0 Å². The van der Waals surface area contributed by atoms with Crippen molar-refractivity contribution in [2.45, 2.75) is 45.2 Å². The Morgan fingerprint density at radius 2 is 2.00 bits per heavy atom. The lowest BCUT2D eigenvalue weighted by Gasteiger charge is -2.26. The summed E-state index contributed by atoms with van der Waals surface area (Å²) in [6.45, 7) is 4.98. The SMILES string of the molecule is CCC(CC)NC(=O)c1cnc(C#N)c(-c2cc(F)cc(F)c2)c1N1CC[C@H](N)C1. The molecule has 1 aliphatic heterocycles. The average Bonchev–Trinajstić information content (AvgIpc) is 3.15. The highest BCUT2D eigenvalue weighted by Crippen LogP contribution is 2.38. The highest BCUT2D eigenvalue weighted by Gasteiger charge is 2.30. The zero-order chi connectivity index (χ0) is 21.8. The molecule has 0 unspecified atom stereocenters. The largest absolute Gasteiger partial charge is 0.369 e. The third-order valence-corrected chi connectivity index (χ3v) is 5.41. The normalized spacial score (nSPS) is 16.0. The third kappa shape index (κ3) is 4.41. The van der Waals surface area contributed by atoms with Gasteiger partial charge < -0.3 is 16.0 Å². The van der Waals surface area contributed by atoms with Gasteiger partial charge in [-0.05, 0) is 37.0 Å². The second kappa shape index (κ2) is 9.18.